The number of aromatic hydroxyl groups is 1. The largest absolute Gasteiger partial charge is 0.508 e. The van der Waals surface area contributed by atoms with Crippen molar-refractivity contribution in [1.29, 1.82) is 0 Å². The average Bonchev–Trinajstić information content (AvgIpc) is 0.795. The Balaban J connectivity index is 0.000000153. The van der Waals surface area contributed by atoms with Crippen molar-refractivity contribution in [3.63, 3.8) is 0 Å². The molecule has 0 radical (unpaired) electrons. The Labute approximate surface area is 619 Å². The second-order valence-corrected chi connectivity index (χ2v) is 25.5. The second-order valence-electron chi connectivity index (χ2n) is 23.4. The minimum absolute atomic E-state index is 0.0168. The van der Waals surface area contributed by atoms with Crippen LogP contribution in [-0.2, 0) is 0 Å². The zero-order valence-corrected chi connectivity index (χ0v) is 60.0. The summed E-state index contributed by atoms with van der Waals surface area (Å²) in [6, 6.07) is 58.9. The fourth-order valence-electron chi connectivity index (χ4n) is 10.3. The lowest BCUT2D eigenvalue weighted by Gasteiger charge is -2.48. The molecule has 4 aliphatic rings. The van der Waals surface area contributed by atoms with E-state index < -0.39 is 5.97 Å². The summed E-state index contributed by atoms with van der Waals surface area (Å²) in [7, 11) is 0. The second kappa shape index (κ2) is 39.1. The zero-order chi connectivity index (χ0) is 73.0. The fourth-order valence-corrected chi connectivity index (χ4v) is 11.1. The van der Waals surface area contributed by atoms with Gasteiger partial charge in [0.25, 0.3) is 17.7 Å². The van der Waals surface area contributed by atoms with E-state index in [4.69, 9.17) is 59.2 Å². The highest BCUT2D eigenvalue weighted by atomic mass is 79.9. The molecule has 0 spiro atoms. The minimum Gasteiger partial charge on any atom is -0.508 e. The van der Waals surface area contributed by atoms with Gasteiger partial charge in [-0.05, 0) is 145 Å². The van der Waals surface area contributed by atoms with Gasteiger partial charge in [0, 0.05) is 183 Å². The van der Waals surface area contributed by atoms with Crippen LogP contribution in [0.2, 0.25) is 15.1 Å². The van der Waals surface area contributed by atoms with E-state index >= 15 is 0 Å². The highest BCUT2D eigenvalue weighted by Crippen LogP contribution is 2.27. The molecule has 3 N–H and O–H groups in total. The van der Waals surface area contributed by atoms with Crippen molar-refractivity contribution in [3.05, 3.63) is 284 Å². The van der Waals surface area contributed by atoms with Gasteiger partial charge in [0.2, 0.25) is 23.5 Å². The van der Waals surface area contributed by atoms with Crippen LogP contribution in [0.15, 0.2) is 236 Å². The average molecular weight is 1510 g/mol. The van der Waals surface area contributed by atoms with E-state index in [0.717, 1.165) is 68.1 Å². The third-order valence-corrected chi connectivity index (χ3v) is 17.3. The quantitative estimate of drug-likeness (QED) is 0.0675. The van der Waals surface area contributed by atoms with Gasteiger partial charge in [0.15, 0.2) is 11.6 Å². The number of piperazine rings is 2. The van der Waals surface area contributed by atoms with Crippen LogP contribution in [0.1, 0.15) is 76.0 Å². The molecule has 0 bridgehead atoms. The number of phenols is 1. The van der Waals surface area contributed by atoms with Gasteiger partial charge in [0.05, 0.1) is 11.1 Å². The predicted octanol–water partition coefficient (Wildman–Crippen LogP) is 14.0. The number of pyridine rings is 5. The Morgan fingerprint density at radius 3 is 1.22 bits per heavy atom. The SMILES string of the molecule is CC(=O)c1ccc(Br)nc1.CC(=O)c1ccc(Oc2ccccn2)nc1.O=C(O)c1ccc(Oc2cccc(Cl)c2)nc1.O=C(c1ccccc1)N1CCN(C2CN(C(=O)c3ccc(Oc4cccc(Cl)c4)nc3)C2)CC1.O=C(c1ccccc1)N1CCN(C2CNC2)CC1.Oc1cccc(Cl)c1. The molecule has 0 saturated carbocycles. The lowest BCUT2D eigenvalue weighted by Crippen LogP contribution is -2.64. The van der Waals surface area contributed by atoms with Gasteiger partial charge in [-0.15, -0.1) is 0 Å². The molecule has 0 aliphatic carbocycles. The summed E-state index contributed by atoms with van der Waals surface area (Å²) in [4.78, 5) is 101. The lowest BCUT2D eigenvalue weighted by molar-refractivity contribution is 0.00848. The number of likely N-dealkylation sites (tertiary alicyclic amines) is 1. The Morgan fingerprint density at radius 1 is 0.417 bits per heavy atom. The van der Waals surface area contributed by atoms with E-state index in [2.05, 4.69) is 56.0 Å². The molecule has 0 atom stereocenters. The van der Waals surface area contributed by atoms with Crippen LogP contribution in [0.3, 0.4) is 0 Å². The highest BCUT2D eigenvalue weighted by Gasteiger charge is 2.37. The number of hydrogen-bond acceptors (Lipinski definition) is 18. The number of carbonyl (C=O) groups is 6. The summed E-state index contributed by atoms with van der Waals surface area (Å²) < 4.78 is 17.2. The fraction of sp³-hybridized carbons (Fsp3) is 0.208. The molecule has 5 aromatic heterocycles. The van der Waals surface area contributed by atoms with Crippen LogP contribution in [0.4, 0.5) is 0 Å². The van der Waals surface area contributed by atoms with Gasteiger partial charge in [-0.3, -0.25) is 33.8 Å². The number of carboxylic acid groups (broad SMARTS) is 1. The Bertz CT molecular complexity index is 4370. The van der Waals surface area contributed by atoms with Gasteiger partial charge in [-0.2, -0.15) is 0 Å². The lowest BCUT2D eigenvalue weighted by atomic mass is 10.0. The third-order valence-electron chi connectivity index (χ3n) is 16.1. The van der Waals surface area contributed by atoms with Crippen LogP contribution < -0.4 is 19.5 Å². The molecule has 26 heteroatoms. The maximum absolute atomic E-state index is 12.8. The molecule has 10 aromatic rings. The number of aromatic carboxylic acids is 1. The maximum Gasteiger partial charge on any atom is 0.337 e. The number of ether oxygens (including phenoxy) is 3. The molecule has 9 heterocycles. The predicted molar refractivity (Wildman–Crippen MR) is 396 cm³/mol. The molecule has 3 amide bonds. The summed E-state index contributed by atoms with van der Waals surface area (Å²) in [5.74, 6) is 2.19. The monoisotopic (exact) mass is 1510 g/mol. The highest BCUT2D eigenvalue weighted by molar-refractivity contribution is 9.10. The molecular weight excluding hydrogens is 1440 g/mol. The van der Waals surface area contributed by atoms with Gasteiger partial charge in [-0.1, -0.05) is 95.5 Å². The van der Waals surface area contributed by atoms with Gasteiger partial charge in [-0.25, -0.2) is 29.7 Å². The smallest absolute Gasteiger partial charge is 0.337 e. The number of phenolic OH excluding ortho intramolecular Hbond substituents is 1. The number of rotatable bonds is 14. The molecule has 22 nitrogen and oxygen atoms in total. The van der Waals surface area contributed by atoms with E-state index in [0.29, 0.717) is 105 Å². The molecule has 4 fully saturated rings. The van der Waals surface area contributed by atoms with E-state index in [1.165, 1.54) is 44.4 Å². The summed E-state index contributed by atoms with van der Waals surface area (Å²) >= 11 is 20.4. The number of ketones is 2. The van der Waals surface area contributed by atoms with Crippen molar-refractivity contribution < 1.29 is 53.2 Å². The number of Topliss-reactive ketones (excluding diaryl/α,β-unsaturated/α-hetero) is 2. The molecule has 4 saturated heterocycles. The number of carboxylic acids is 1. The van der Waals surface area contributed by atoms with Crippen molar-refractivity contribution in [2.24, 2.45) is 0 Å². The van der Waals surface area contributed by atoms with E-state index in [1.807, 2.05) is 81.4 Å². The van der Waals surface area contributed by atoms with Crippen molar-refractivity contribution in [2.45, 2.75) is 25.9 Å². The van der Waals surface area contributed by atoms with Gasteiger partial charge in [0.1, 0.15) is 21.9 Å². The van der Waals surface area contributed by atoms with Gasteiger partial charge >= 0.3 is 5.97 Å². The van der Waals surface area contributed by atoms with Crippen LogP contribution in [-0.4, -0.2) is 186 Å². The van der Waals surface area contributed by atoms with Crippen LogP contribution >= 0.6 is 50.7 Å². The number of amides is 3. The van der Waals surface area contributed by atoms with Crippen molar-refractivity contribution >= 4 is 86.0 Å². The maximum atomic E-state index is 12.8. The molecule has 103 heavy (non-hydrogen) atoms. The first-order valence-corrected chi connectivity index (χ1v) is 34.5. The number of aromatic nitrogens is 5. The molecule has 5 aromatic carbocycles. The van der Waals surface area contributed by atoms with E-state index in [9.17, 15) is 28.8 Å². The van der Waals surface area contributed by atoms with Crippen LogP contribution in [0.25, 0.3) is 0 Å². The van der Waals surface area contributed by atoms with E-state index in [1.54, 1.807) is 134 Å². The topological polar surface area (TPSA) is 263 Å². The van der Waals surface area contributed by atoms with Crippen molar-refractivity contribution in [2.75, 3.05) is 78.5 Å². The molecular formula is C77H73BrCl3N11O11. The number of nitrogens with one attached hydrogen (secondary N) is 1. The first-order chi connectivity index (χ1) is 49.8. The molecule has 14 rings (SSSR count). The van der Waals surface area contributed by atoms with Crippen LogP contribution in [0.5, 0.6) is 40.8 Å². The zero-order valence-electron chi connectivity index (χ0n) is 56.1. The number of halogens is 4. The van der Waals surface area contributed by atoms with E-state index in [-0.39, 0.29) is 40.6 Å². The molecule has 4 aliphatic heterocycles. The third kappa shape index (κ3) is 24.3. The number of carbonyl (C=O) groups excluding carboxylic acids is 5. The number of benzene rings is 5. The first-order valence-electron chi connectivity index (χ1n) is 32.6. The minimum atomic E-state index is -1.02. The normalized spacial score (nSPS) is 14.1. The van der Waals surface area contributed by atoms with Gasteiger partial charge < -0.3 is 44.4 Å². The summed E-state index contributed by atoms with van der Waals surface area (Å²) in [5.41, 5.74) is 3.39. The summed E-state index contributed by atoms with van der Waals surface area (Å²) in [6.07, 6.45) is 7.46. The summed E-state index contributed by atoms with van der Waals surface area (Å²) in [6.45, 7) is 13.4. The number of hydrogen-bond donors (Lipinski definition) is 3. The number of nitrogens with zero attached hydrogens (tertiary/aromatic N) is 10. The molecule has 530 valence electrons. The Hall–Kier alpha value is -10.5. The summed E-state index contributed by atoms with van der Waals surface area (Å²) in [5, 5.41) is 22.4. The molecule has 0 unspecified atom stereocenters. The van der Waals surface area contributed by atoms with Crippen molar-refractivity contribution in [3.8, 4) is 40.8 Å². The Kier molecular flexibility index (Phi) is 29.1. The van der Waals surface area contributed by atoms with Crippen molar-refractivity contribution in [1.82, 2.24) is 54.7 Å². The first kappa shape index (κ1) is 76.7. The standard InChI is InChI=1S/C26H25ClN4O3.C14H19N3O.C12H8ClNO3.C12H10N2O2.C7H6BrNO.C6H5ClO/c27-21-7-4-8-23(15-21)34-24-10-9-20(16-28-24)26(33)31-17-22(18-31)29-11-13-30(14-12-29)25(32)19-5-2-1-3-6-19;18-14(12-4-2-1-3-5-12)17-8-6-16(7-9-17)13-10-15-11-13;13-9-2-1-3-10(6-9)17-11-5-4-8(7-14-11)12(15)16;1-9(15)10-5-6-12(14-8-10)16-11-4-2-3-7-13-11;1-5(10)6-2-3-7(8)9-4-6;7-5-2-1-3-6(8)4-5/h1-10,15-16,22H,11-14,17-18H2;1-5,13,15H,6-11H2;1-7H,(H,15,16);2-8H,1H3;2-4H,1H3;1-4,8H. The van der Waals surface area contributed by atoms with Crippen LogP contribution in [0, 0.1) is 0 Å². The Morgan fingerprint density at radius 2 is 0.835 bits per heavy atom.